The molecule has 3 rings (SSSR count). The molecule has 3 aromatic rings. The van der Waals surface area contributed by atoms with Gasteiger partial charge in [-0.2, -0.15) is 10.4 Å². The molecular formula is C20H20N6O4S. The van der Waals surface area contributed by atoms with Gasteiger partial charge in [-0.15, -0.1) is 0 Å². The molecule has 0 atom stereocenters. The molecule has 11 heteroatoms. The van der Waals surface area contributed by atoms with Gasteiger partial charge in [0.2, 0.25) is 10.0 Å². The number of carbonyl (C=O) groups is 1. The molecule has 1 aromatic heterocycles. The van der Waals surface area contributed by atoms with Crippen molar-refractivity contribution in [3.05, 3.63) is 59.9 Å². The molecule has 0 saturated heterocycles. The van der Waals surface area contributed by atoms with E-state index in [2.05, 4.69) is 25.2 Å². The van der Waals surface area contributed by atoms with Crippen LogP contribution in [0.15, 0.2) is 53.4 Å². The van der Waals surface area contributed by atoms with Gasteiger partial charge < -0.3 is 10.1 Å². The number of nitriles is 1. The number of carbonyl (C=O) groups excluding carboxylic acids is 1. The van der Waals surface area contributed by atoms with Gasteiger partial charge in [0.05, 0.1) is 24.6 Å². The molecule has 0 bridgehead atoms. The summed E-state index contributed by atoms with van der Waals surface area (Å²) in [4.78, 5) is 16.7. The molecule has 0 aliphatic heterocycles. The average molecular weight is 440 g/mol. The number of rotatable bonds is 9. The van der Waals surface area contributed by atoms with E-state index in [-0.39, 0.29) is 30.3 Å². The first-order valence-electron chi connectivity index (χ1n) is 9.23. The first kappa shape index (κ1) is 21.9. The first-order valence-corrected chi connectivity index (χ1v) is 10.7. The Morgan fingerprint density at radius 2 is 1.87 bits per heavy atom. The Balaban J connectivity index is 1.58. The van der Waals surface area contributed by atoms with Crippen molar-refractivity contribution < 1.29 is 17.9 Å². The van der Waals surface area contributed by atoms with Gasteiger partial charge in [0.1, 0.15) is 11.6 Å². The number of benzene rings is 2. The number of sulfonamides is 1. The van der Waals surface area contributed by atoms with Gasteiger partial charge in [0.25, 0.3) is 5.91 Å². The van der Waals surface area contributed by atoms with Gasteiger partial charge in [-0.1, -0.05) is 0 Å². The fraction of sp³-hybridized carbons (Fsp3) is 0.200. The minimum Gasteiger partial charge on any atom is -0.497 e. The van der Waals surface area contributed by atoms with Crippen molar-refractivity contribution in [2.45, 2.75) is 17.9 Å². The lowest BCUT2D eigenvalue weighted by Crippen LogP contribution is -2.25. The van der Waals surface area contributed by atoms with Crippen LogP contribution < -0.4 is 14.8 Å². The van der Waals surface area contributed by atoms with Crippen molar-refractivity contribution in [2.24, 2.45) is 0 Å². The number of nitrogens with zero attached hydrogens (tertiary/aromatic N) is 3. The number of amides is 1. The van der Waals surface area contributed by atoms with E-state index in [9.17, 15) is 13.2 Å². The maximum atomic E-state index is 12.3. The molecule has 0 unspecified atom stereocenters. The molecule has 0 saturated carbocycles. The first-order chi connectivity index (χ1) is 14.9. The fourth-order valence-corrected chi connectivity index (χ4v) is 3.65. The number of ether oxygens (including phenoxy) is 1. The van der Waals surface area contributed by atoms with E-state index in [1.165, 1.54) is 24.3 Å². The standard InChI is InChI=1S/C20H20N6O4S/c1-30-16-7-3-14(4-8-16)19-24-18(25-26-19)13-22-20(27)15-5-9-17(10-6-15)31(28,29)23-12-2-11-21/h3-10,23H,2,12-13H2,1H3,(H,22,27)(H,24,25,26). The quantitative estimate of drug-likeness (QED) is 0.428. The van der Waals surface area contributed by atoms with E-state index in [1.807, 2.05) is 18.2 Å². The topological polar surface area (TPSA) is 150 Å². The molecule has 2 aromatic carbocycles. The lowest BCUT2D eigenvalue weighted by atomic mass is 10.2. The highest BCUT2D eigenvalue weighted by molar-refractivity contribution is 7.89. The average Bonchev–Trinajstić information content (AvgIpc) is 3.27. The molecule has 160 valence electrons. The van der Waals surface area contributed by atoms with Crippen LogP contribution in [0.1, 0.15) is 22.6 Å². The number of H-pyrrole nitrogens is 1. The highest BCUT2D eigenvalue weighted by Crippen LogP contribution is 2.19. The lowest BCUT2D eigenvalue weighted by Gasteiger charge is -2.07. The zero-order valence-corrected chi connectivity index (χ0v) is 17.4. The fourth-order valence-electron chi connectivity index (χ4n) is 2.62. The van der Waals surface area contributed by atoms with Crippen molar-refractivity contribution in [3.63, 3.8) is 0 Å². The van der Waals surface area contributed by atoms with Crippen LogP contribution in [0.25, 0.3) is 11.4 Å². The SMILES string of the molecule is COc1ccc(-c2n[nH]c(CNC(=O)c3ccc(S(=O)(=O)NCCC#N)cc3)n2)cc1. The zero-order chi connectivity index (χ0) is 22.3. The molecular weight excluding hydrogens is 420 g/mol. The van der Waals surface area contributed by atoms with E-state index in [4.69, 9.17) is 10.00 Å². The van der Waals surface area contributed by atoms with Crippen LogP contribution in [0, 0.1) is 11.3 Å². The monoisotopic (exact) mass is 440 g/mol. The van der Waals surface area contributed by atoms with E-state index >= 15 is 0 Å². The third-order valence-corrected chi connectivity index (χ3v) is 5.73. The largest absolute Gasteiger partial charge is 0.497 e. The van der Waals surface area contributed by atoms with Crippen LogP contribution in [0.2, 0.25) is 0 Å². The summed E-state index contributed by atoms with van der Waals surface area (Å²) in [7, 11) is -2.14. The van der Waals surface area contributed by atoms with Gasteiger partial charge in [-0.25, -0.2) is 18.1 Å². The zero-order valence-electron chi connectivity index (χ0n) is 16.6. The van der Waals surface area contributed by atoms with Crippen LogP contribution in [0.3, 0.4) is 0 Å². The Morgan fingerprint density at radius 1 is 1.16 bits per heavy atom. The molecule has 0 radical (unpaired) electrons. The van der Waals surface area contributed by atoms with E-state index in [0.29, 0.717) is 17.2 Å². The normalized spacial score (nSPS) is 11.0. The molecule has 3 N–H and O–H groups in total. The van der Waals surface area contributed by atoms with Gasteiger partial charge in [-0.3, -0.25) is 9.89 Å². The number of aromatic nitrogens is 3. The summed E-state index contributed by atoms with van der Waals surface area (Å²) in [6.07, 6.45) is 0.0710. The third kappa shape index (κ3) is 5.65. The summed E-state index contributed by atoms with van der Waals surface area (Å²) in [6.45, 7) is 0.147. The summed E-state index contributed by atoms with van der Waals surface area (Å²) >= 11 is 0. The molecule has 0 aliphatic carbocycles. The number of nitrogens with one attached hydrogen (secondary N) is 3. The van der Waals surface area contributed by atoms with Gasteiger partial charge >= 0.3 is 0 Å². The number of methoxy groups -OCH3 is 1. The molecule has 10 nitrogen and oxygen atoms in total. The van der Waals surface area contributed by atoms with Gasteiger partial charge in [0, 0.05) is 24.1 Å². The minimum absolute atomic E-state index is 0.0151. The van der Waals surface area contributed by atoms with Crippen LogP contribution in [-0.2, 0) is 16.6 Å². The maximum Gasteiger partial charge on any atom is 0.251 e. The number of hydrogen-bond acceptors (Lipinski definition) is 7. The second kappa shape index (κ2) is 9.84. The van der Waals surface area contributed by atoms with E-state index in [0.717, 1.165) is 11.3 Å². The molecule has 1 amide bonds. The molecule has 0 fully saturated rings. The predicted octanol–water partition coefficient (Wildman–Crippen LogP) is 1.60. The van der Waals surface area contributed by atoms with Crippen molar-refractivity contribution in [1.82, 2.24) is 25.2 Å². The summed E-state index contributed by atoms with van der Waals surface area (Å²) < 4.78 is 31.7. The number of aromatic amines is 1. The van der Waals surface area contributed by atoms with Gasteiger partial charge in [0.15, 0.2) is 5.82 Å². The molecule has 1 heterocycles. The van der Waals surface area contributed by atoms with Gasteiger partial charge in [-0.05, 0) is 48.5 Å². The lowest BCUT2D eigenvalue weighted by molar-refractivity contribution is 0.0950. The summed E-state index contributed by atoms with van der Waals surface area (Å²) in [5, 5.41) is 18.1. The Hall–Kier alpha value is -3.75. The Labute approximate surface area is 179 Å². The maximum absolute atomic E-state index is 12.3. The van der Waals surface area contributed by atoms with Crippen LogP contribution >= 0.6 is 0 Å². The minimum atomic E-state index is -3.72. The Kier molecular flexibility index (Phi) is 6.96. The van der Waals surface area contributed by atoms with Crippen molar-refractivity contribution in [2.75, 3.05) is 13.7 Å². The van der Waals surface area contributed by atoms with Crippen LogP contribution in [-0.4, -0.2) is 43.2 Å². The van der Waals surface area contributed by atoms with E-state index in [1.54, 1.807) is 19.2 Å². The highest BCUT2D eigenvalue weighted by Gasteiger charge is 2.15. The molecule has 31 heavy (non-hydrogen) atoms. The van der Waals surface area contributed by atoms with Crippen molar-refractivity contribution in [1.29, 1.82) is 5.26 Å². The van der Waals surface area contributed by atoms with Crippen LogP contribution in [0.4, 0.5) is 0 Å². The smallest absolute Gasteiger partial charge is 0.251 e. The summed E-state index contributed by atoms with van der Waals surface area (Å²) in [5.41, 5.74) is 1.10. The predicted molar refractivity (Wildman–Crippen MR) is 111 cm³/mol. The van der Waals surface area contributed by atoms with Crippen molar-refractivity contribution in [3.8, 4) is 23.2 Å². The van der Waals surface area contributed by atoms with Crippen molar-refractivity contribution >= 4 is 15.9 Å². The number of hydrogen-bond donors (Lipinski definition) is 3. The molecule has 0 spiro atoms. The third-order valence-electron chi connectivity index (χ3n) is 4.25. The summed E-state index contributed by atoms with van der Waals surface area (Å²) in [5.74, 6) is 1.30. The second-order valence-corrected chi connectivity index (χ2v) is 8.11. The Morgan fingerprint density at radius 3 is 2.52 bits per heavy atom. The Bertz CT molecular complexity index is 1180. The molecule has 0 aliphatic rings. The second-order valence-electron chi connectivity index (χ2n) is 6.35. The summed E-state index contributed by atoms with van der Waals surface area (Å²) in [6, 6.07) is 14.6. The van der Waals surface area contributed by atoms with E-state index < -0.39 is 10.0 Å². The van der Waals surface area contributed by atoms with Crippen LogP contribution in [0.5, 0.6) is 5.75 Å². The highest BCUT2D eigenvalue weighted by atomic mass is 32.2.